The fourth-order valence-electron chi connectivity index (χ4n) is 3.22. The molecule has 1 aromatic heterocycles. The summed E-state index contributed by atoms with van der Waals surface area (Å²) in [5, 5.41) is 10.8. The first kappa shape index (κ1) is 24.9. The molecule has 0 aliphatic rings. The molecule has 34 heavy (non-hydrogen) atoms. The number of amides is 1. The van der Waals surface area contributed by atoms with Crippen LogP contribution in [0.15, 0.2) is 52.2 Å². The van der Waals surface area contributed by atoms with Crippen molar-refractivity contribution in [3.05, 3.63) is 64.1 Å². The van der Waals surface area contributed by atoms with Crippen LogP contribution in [0.1, 0.15) is 17.7 Å². The molecule has 0 unspecified atom stereocenters. The minimum atomic E-state index is -3.32. The Kier molecular flexibility index (Phi) is 8.00. The molecule has 0 saturated carbocycles. The second-order valence-corrected chi connectivity index (χ2v) is 9.55. The summed E-state index contributed by atoms with van der Waals surface area (Å²) in [6.07, 6.45) is 1.95. The molecule has 1 amide bonds. The second-order valence-electron chi connectivity index (χ2n) is 7.54. The summed E-state index contributed by atoms with van der Waals surface area (Å²) < 4.78 is 33.6. The molecule has 180 valence electrons. The number of hydrogen-bond donors (Lipinski definition) is 2. The van der Waals surface area contributed by atoms with E-state index < -0.39 is 15.4 Å². The van der Waals surface area contributed by atoms with Gasteiger partial charge in [-0.3, -0.25) is 9.59 Å². The number of rotatable bonds is 10. The van der Waals surface area contributed by atoms with Gasteiger partial charge in [0.25, 0.3) is 5.56 Å². The maximum Gasteiger partial charge on any atom is 0.273 e. The maximum atomic E-state index is 12.4. The third kappa shape index (κ3) is 6.41. The van der Waals surface area contributed by atoms with Crippen LogP contribution in [0.5, 0.6) is 11.5 Å². The van der Waals surface area contributed by atoms with E-state index in [9.17, 15) is 18.0 Å². The van der Waals surface area contributed by atoms with Crippen molar-refractivity contribution in [2.45, 2.75) is 24.2 Å². The number of aromatic nitrogens is 3. The highest BCUT2D eigenvalue weighted by Crippen LogP contribution is 2.27. The quantitative estimate of drug-likeness (QED) is 0.440. The van der Waals surface area contributed by atoms with E-state index in [0.717, 1.165) is 11.8 Å². The zero-order chi connectivity index (χ0) is 24.7. The summed E-state index contributed by atoms with van der Waals surface area (Å²) in [6, 6.07) is 11.5. The van der Waals surface area contributed by atoms with Crippen molar-refractivity contribution in [1.82, 2.24) is 20.5 Å². The van der Waals surface area contributed by atoms with Gasteiger partial charge < -0.3 is 19.8 Å². The van der Waals surface area contributed by atoms with Crippen molar-refractivity contribution >= 4 is 15.7 Å². The molecule has 3 rings (SSSR count). The molecule has 11 heteroatoms. The monoisotopic (exact) mass is 486 g/mol. The van der Waals surface area contributed by atoms with E-state index >= 15 is 0 Å². The van der Waals surface area contributed by atoms with E-state index in [1.165, 1.54) is 12.1 Å². The van der Waals surface area contributed by atoms with Crippen LogP contribution in [0.3, 0.4) is 0 Å². The Labute approximate surface area is 197 Å². The highest BCUT2D eigenvalue weighted by molar-refractivity contribution is 7.90. The third-order valence-electron chi connectivity index (χ3n) is 5.09. The van der Waals surface area contributed by atoms with Crippen LogP contribution in [0.25, 0.3) is 11.4 Å². The van der Waals surface area contributed by atoms with E-state index in [2.05, 4.69) is 20.5 Å². The van der Waals surface area contributed by atoms with Gasteiger partial charge in [0.05, 0.1) is 19.1 Å². The predicted octanol–water partition coefficient (Wildman–Crippen LogP) is 1.54. The minimum absolute atomic E-state index is 0.0894. The van der Waals surface area contributed by atoms with Crippen molar-refractivity contribution in [2.24, 2.45) is 0 Å². The lowest BCUT2D eigenvalue weighted by atomic mass is 10.1. The highest BCUT2D eigenvalue weighted by Gasteiger charge is 2.12. The molecule has 2 aromatic carbocycles. The Balaban J connectivity index is 1.52. The summed E-state index contributed by atoms with van der Waals surface area (Å²) in [5.74, 6) is 1.27. The number of nitrogens with one attached hydrogen (secondary N) is 2. The van der Waals surface area contributed by atoms with Gasteiger partial charge in [0.1, 0.15) is 5.69 Å². The smallest absolute Gasteiger partial charge is 0.273 e. The molecule has 0 bridgehead atoms. The molecule has 0 radical (unpaired) electrons. The van der Waals surface area contributed by atoms with Gasteiger partial charge in [-0.25, -0.2) is 8.42 Å². The Hall–Kier alpha value is -3.73. The SMILES string of the molecule is COc1ccc(CCNC(=O)CCc2nnc(-c3ccc(S(C)(=O)=O)cc3)[nH]c2=O)cc1OC. The van der Waals surface area contributed by atoms with Crippen molar-refractivity contribution in [3.63, 3.8) is 0 Å². The molecule has 1 heterocycles. The van der Waals surface area contributed by atoms with Gasteiger partial charge in [-0.2, -0.15) is 0 Å². The molecule has 0 fully saturated rings. The van der Waals surface area contributed by atoms with Crippen LogP contribution in [-0.4, -0.2) is 56.5 Å². The maximum absolute atomic E-state index is 12.4. The van der Waals surface area contributed by atoms with E-state index in [-0.39, 0.29) is 35.2 Å². The molecule has 0 atom stereocenters. The number of nitrogens with zero attached hydrogens (tertiary/aromatic N) is 2. The van der Waals surface area contributed by atoms with Gasteiger partial charge in [0.15, 0.2) is 27.2 Å². The van der Waals surface area contributed by atoms with Crippen LogP contribution >= 0.6 is 0 Å². The first-order valence-corrected chi connectivity index (χ1v) is 12.3. The second kappa shape index (κ2) is 10.9. The Bertz CT molecular complexity index is 1320. The van der Waals surface area contributed by atoms with Crippen LogP contribution < -0.4 is 20.3 Å². The summed E-state index contributed by atoms with van der Waals surface area (Å²) in [5.41, 5.74) is 1.21. The molecule has 3 aromatic rings. The van der Waals surface area contributed by atoms with E-state index in [1.54, 1.807) is 26.4 Å². The number of carbonyl (C=O) groups excluding carboxylic acids is 1. The van der Waals surface area contributed by atoms with E-state index in [4.69, 9.17) is 9.47 Å². The third-order valence-corrected chi connectivity index (χ3v) is 6.22. The van der Waals surface area contributed by atoms with Gasteiger partial charge >= 0.3 is 0 Å². The van der Waals surface area contributed by atoms with Crippen LogP contribution in [0, 0.1) is 0 Å². The van der Waals surface area contributed by atoms with Crippen LogP contribution in [0.2, 0.25) is 0 Å². The van der Waals surface area contributed by atoms with Gasteiger partial charge in [0, 0.05) is 31.2 Å². The van der Waals surface area contributed by atoms with Crippen LogP contribution in [0.4, 0.5) is 0 Å². The molecule has 2 N–H and O–H groups in total. The Morgan fingerprint density at radius 2 is 1.71 bits per heavy atom. The zero-order valence-corrected chi connectivity index (χ0v) is 19.9. The summed E-state index contributed by atoms with van der Waals surface area (Å²) in [4.78, 5) is 27.3. The fraction of sp³-hybridized carbons (Fsp3) is 0.304. The largest absolute Gasteiger partial charge is 0.493 e. The normalized spacial score (nSPS) is 11.1. The van der Waals surface area contributed by atoms with Crippen molar-refractivity contribution in [2.75, 3.05) is 27.0 Å². The molecule has 0 aliphatic heterocycles. The first-order valence-electron chi connectivity index (χ1n) is 10.4. The summed E-state index contributed by atoms with van der Waals surface area (Å²) in [6.45, 7) is 0.429. The number of hydrogen-bond acceptors (Lipinski definition) is 8. The highest BCUT2D eigenvalue weighted by atomic mass is 32.2. The standard InChI is InChI=1S/C23H26N4O6S/c1-32-19-10-4-15(14-20(19)33-2)12-13-24-21(28)11-9-18-23(29)25-22(27-26-18)16-5-7-17(8-6-16)34(3,30)31/h4-8,10,14H,9,11-13H2,1-3H3,(H,24,28)(H,25,27,29). The topological polar surface area (TPSA) is 140 Å². The lowest BCUT2D eigenvalue weighted by Gasteiger charge is -2.10. The van der Waals surface area contributed by atoms with E-state index in [0.29, 0.717) is 30.0 Å². The van der Waals surface area contributed by atoms with Gasteiger partial charge in [-0.05, 0) is 48.4 Å². The average Bonchev–Trinajstić information content (AvgIpc) is 2.82. The van der Waals surface area contributed by atoms with E-state index in [1.807, 2.05) is 18.2 Å². The zero-order valence-electron chi connectivity index (χ0n) is 19.1. The summed E-state index contributed by atoms with van der Waals surface area (Å²) in [7, 11) is -0.184. The number of aromatic amines is 1. The number of carbonyl (C=O) groups is 1. The van der Waals surface area contributed by atoms with Crippen molar-refractivity contribution < 1.29 is 22.7 Å². The molecule has 0 saturated heterocycles. The fourth-order valence-corrected chi connectivity index (χ4v) is 3.85. The molecule has 10 nitrogen and oxygen atoms in total. The van der Waals surface area contributed by atoms with Crippen molar-refractivity contribution in [1.29, 1.82) is 0 Å². The number of benzene rings is 2. The lowest BCUT2D eigenvalue weighted by molar-refractivity contribution is -0.121. The number of sulfone groups is 1. The lowest BCUT2D eigenvalue weighted by Crippen LogP contribution is -2.27. The summed E-state index contributed by atoms with van der Waals surface area (Å²) >= 11 is 0. The molecular formula is C23H26N4O6S. The van der Waals surface area contributed by atoms with Crippen LogP contribution in [-0.2, 0) is 27.5 Å². The van der Waals surface area contributed by atoms with Gasteiger partial charge in [-0.15, -0.1) is 10.2 Å². The number of H-pyrrole nitrogens is 1. The average molecular weight is 487 g/mol. The Morgan fingerprint density at radius 1 is 1.00 bits per heavy atom. The number of ether oxygens (including phenoxy) is 2. The molecule has 0 spiro atoms. The minimum Gasteiger partial charge on any atom is -0.493 e. The van der Waals surface area contributed by atoms with Crippen molar-refractivity contribution in [3.8, 4) is 22.9 Å². The number of methoxy groups -OCH3 is 2. The molecular weight excluding hydrogens is 460 g/mol. The number of aryl methyl sites for hydroxylation is 1. The predicted molar refractivity (Wildman–Crippen MR) is 126 cm³/mol. The first-order chi connectivity index (χ1) is 16.2. The van der Waals surface area contributed by atoms with Gasteiger partial charge in [0.2, 0.25) is 5.91 Å². The Morgan fingerprint density at radius 3 is 2.32 bits per heavy atom. The van der Waals surface area contributed by atoms with Gasteiger partial charge in [-0.1, -0.05) is 6.07 Å². The molecule has 0 aliphatic carbocycles.